The predicted octanol–water partition coefficient (Wildman–Crippen LogP) is 3.35. The molecule has 2 rings (SSSR count). The van der Waals surface area contributed by atoms with Gasteiger partial charge in [-0.05, 0) is 24.6 Å². The quantitative estimate of drug-likeness (QED) is 0.939. The summed E-state index contributed by atoms with van der Waals surface area (Å²) < 4.78 is 2.45. The lowest BCUT2D eigenvalue weighted by Crippen LogP contribution is -2.03. The molecule has 0 bridgehead atoms. The van der Waals surface area contributed by atoms with Gasteiger partial charge in [-0.2, -0.15) is 5.10 Å². The van der Waals surface area contributed by atoms with Gasteiger partial charge in [-0.15, -0.1) is 0 Å². The normalized spacial score (nSPS) is 10.6. The predicted molar refractivity (Wildman–Crippen MR) is 72.2 cm³/mol. The molecule has 0 radical (unpaired) electrons. The zero-order valence-corrected chi connectivity index (χ0v) is 11.9. The van der Waals surface area contributed by atoms with Crippen molar-refractivity contribution in [2.45, 2.75) is 13.5 Å². The van der Waals surface area contributed by atoms with Crippen molar-refractivity contribution in [3.8, 4) is 0 Å². The summed E-state index contributed by atoms with van der Waals surface area (Å²) in [5.74, 6) is -1.06. The number of carboxylic acid groups (broad SMARTS) is 1. The van der Waals surface area contributed by atoms with Gasteiger partial charge < -0.3 is 5.11 Å². The Bertz CT molecular complexity index is 610. The first-order valence-corrected chi connectivity index (χ1v) is 6.37. The molecule has 0 aliphatic carbocycles. The molecular formula is C12H10BrClN2O2. The number of aromatic nitrogens is 2. The van der Waals surface area contributed by atoms with Crippen molar-refractivity contribution in [2.75, 3.05) is 0 Å². The van der Waals surface area contributed by atoms with E-state index in [2.05, 4.69) is 21.0 Å². The van der Waals surface area contributed by atoms with Crippen LogP contribution in [0, 0.1) is 6.92 Å². The second kappa shape index (κ2) is 5.12. The van der Waals surface area contributed by atoms with Gasteiger partial charge in [0.25, 0.3) is 0 Å². The van der Waals surface area contributed by atoms with Crippen LogP contribution >= 0.6 is 27.5 Å². The van der Waals surface area contributed by atoms with Gasteiger partial charge in [0.1, 0.15) is 10.7 Å². The number of hydrogen-bond acceptors (Lipinski definition) is 2. The van der Waals surface area contributed by atoms with Crippen LogP contribution in [0.3, 0.4) is 0 Å². The topological polar surface area (TPSA) is 55.1 Å². The summed E-state index contributed by atoms with van der Waals surface area (Å²) in [5.41, 5.74) is 1.47. The van der Waals surface area contributed by atoms with Crippen molar-refractivity contribution in [1.82, 2.24) is 9.78 Å². The van der Waals surface area contributed by atoms with Crippen LogP contribution in [-0.2, 0) is 6.54 Å². The van der Waals surface area contributed by atoms with Gasteiger partial charge in [0, 0.05) is 4.47 Å². The highest BCUT2D eigenvalue weighted by Crippen LogP contribution is 2.21. The largest absolute Gasteiger partial charge is 0.478 e. The van der Waals surface area contributed by atoms with E-state index >= 15 is 0 Å². The molecule has 1 aromatic carbocycles. The second-order valence-corrected chi connectivity index (χ2v) is 5.12. The highest BCUT2D eigenvalue weighted by atomic mass is 79.9. The second-order valence-electron chi connectivity index (χ2n) is 3.84. The Labute approximate surface area is 117 Å². The van der Waals surface area contributed by atoms with E-state index in [4.69, 9.17) is 16.7 Å². The smallest absolute Gasteiger partial charge is 0.340 e. The number of carbonyl (C=O) groups is 1. The fourth-order valence-electron chi connectivity index (χ4n) is 1.71. The van der Waals surface area contributed by atoms with Crippen LogP contribution in [0.1, 0.15) is 21.6 Å². The number of nitrogens with zero attached hydrogens (tertiary/aromatic N) is 2. The Kier molecular flexibility index (Phi) is 3.73. The van der Waals surface area contributed by atoms with Crippen molar-refractivity contribution < 1.29 is 9.90 Å². The summed E-state index contributed by atoms with van der Waals surface area (Å²) in [6.45, 7) is 2.07. The fraction of sp³-hybridized carbons (Fsp3) is 0.167. The highest BCUT2D eigenvalue weighted by molar-refractivity contribution is 9.10. The minimum Gasteiger partial charge on any atom is -0.478 e. The van der Waals surface area contributed by atoms with E-state index < -0.39 is 5.97 Å². The van der Waals surface area contributed by atoms with Gasteiger partial charge in [0.15, 0.2) is 0 Å². The number of halogens is 2. The fourth-order valence-corrected chi connectivity index (χ4v) is 2.47. The number of carboxylic acids is 1. The molecule has 6 heteroatoms. The van der Waals surface area contributed by atoms with E-state index in [9.17, 15) is 4.79 Å². The van der Waals surface area contributed by atoms with Gasteiger partial charge in [-0.1, -0.05) is 39.7 Å². The average Bonchev–Trinajstić information content (AvgIpc) is 2.54. The molecule has 0 fully saturated rings. The monoisotopic (exact) mass is 328 g/mol. The van der Waals surface area contributed by atoms with E-state index in [1.165, 1.54) is 4.68 Å². The molecule has 0 saturated heterocycles. The number of aromatic carboxylic acids is 1. The molecule has 1 heterocycles. The summed E-state index contributed by atoms with van der Waals surface area (Å²) in [6.07, 6.45) is 0. The zero-order chi connectivity index (χ0) is 13.3. The van der Waals surface area contributed by atoms with Crippen LogP contribution in [-0.4, -0.2) is 20.9 Å². The molecule has 2 aromatic rings. The van der Waals surface area contributed by atoms with Gasteiger partial charge in [0.05, 0.1) is 12.2 Å². The maximum atomic E-state index is 11.0. The third kappa shape index (κ3) is 2.57. The Hall–Kier alpha value is -1.33. The van der Waals surface area contributed by atoms with Crippen LogP contribution in [0.5, 0.6) is 0 Å². The standard InChI is InChI=1S/C12H10BrClN2O2/c1-7-10(12(17)18)11(14)16(15-7)6-8-3-2-4-9(13)5-8/h2-5H,6H2,1H3,(H,17,18). The summed E-state index contributed by atoms with van der Waals surface area (Å²) >= 11 is 9.40. The summed E-state index contributed by atoms with van der Waals surface area (Å²) in [4.78, 5) is 11.0. The summed E-state index contributed by atoms with van der Waals surface area (Å²) in [7, 11) is 0. The number of hydrogen-bond donors (Lipinski definition) is 1. The first-order valence-electron chi connectivity index (χ1n) is 5.19. The van der Waals surface area contributed by atoms with Crippen molar-refractivity contribution in [1.29, 1.82) is 0 Å². The Morgan fingerprint density at radius 3 is 2.83 bits per heavy atom. The van der Waals surface area contributed by atoms with Crippen LogP contribution in [0.4, 0.5) is 0 Å². The maximum Gasteiger partial charge on any atom is 0.340 e. The van der Waals surface area contributed by atoms with Crippen LogP contribution < -0.4 is 0 Å². The molecule has 94 valence electrons. The van der Waals surface area contributed by atoms with Crippen LogP contribution in [0.2, 0.25) is 5.15 Å². The Morgan fingerprint density at radius 1 is 1.56 bits per heavy atom. The minimum atomic E-state index is -1.06. The van der Waals surface area contributed by atoms with E-state index in [0.29, 0.717) is 12.2 Å². The molecule has 4 nitrogen and oxygen atoms in total. The maximum absolute atomic E-state index is 11.0. The van der Waals surface area contributed by atoms with Crippen molar-refractivity contribution >= 4 is 33.5 Å². The average molecular weight is 330 g/mol. The molecule has 0 amide bonds. The third-order valence-corrected chi connectivity index (χ3v) is 3.38. The molecule has 0 spiro atoms. The lowest BCUT2D eigenvalue weighted by molar-refractivity contribution is 0.0696. The molecular weight excluding hydrogens is 320 g/mol. The Balaban J connectivity index is 2.36. The first kappa shape index (κ1) is 13.1. The van der Waals surface area contributed by atoms with Crippen molar-refractivity contribution in [3.05, 3.63) is 50.7 Å². The van der Waals surface area contributed by atoms with Crippen molar-refractivity contribution in [2.24, 2.45) is 0 Å². The summed E-state index contributed by atoms with van der Waals surface area (Å²) in [5, 5.41) is 13.3. The lowest BCUT2D eigenvalue weighted by Gasteiger charge is -2.04. The van der Waals surface area contributed by atoms with Crippen molar-refractivity contribution in [3.63, 3.8) is 0 Å². The van der Waals surface area contributed by atoms with E-state index in [-0.39, 0.29) is 10.7 Å². The summed E-state index contributed by atoms with van der Waals surface area (Å²) in [6, 6.07) is 7.69. The van der Waals surface area contributed by atoms with Crippen LogP contribution in [0.15, 0.2) is 28.7 Å². The van der Waals surface area contributed by atoms with E-state index in [1.807, 2.05) is 24.3 Å². The van der Waals surface area contributed by atoms with E-state index in [1.54, 1.807) is 6.92 Å². The SMILES string of the molecule is Cc1nn(Cc2cccc(Br)c2)c(Cl)c1C(=O)O. The van der Waals surface area contributed by atoms with Gasteiger partial charge in [-0.25, -0.2) is 9.48 Å². The molecule has 18 heavy (non-hydrogen) atoms. The number of benzene rings is 1. The Morgan fingerprint density at radius 2 is 2.28 bits per heavy atom. The first-order chi connectivity index (χ1) is 8.49. The lowest BCUT2D eigenvalue weighted by atomic mass is 10.2. The van der Waals surface area contributed by atoms with E-state index in [0.717, 1.165) is 10.0 Å². The molecule has 0 saturated carbocycles. The van der Waals surface area contributed by atoms with Crippen LogP contribution in [0.25, 0.3) is 0 Å². The van der Waals surface area contributed by atoms with Gasteiger partial charge in [0.2, 0.25) is 0 Å². The molecule has 0 aliphatic heterocycles. The number of rotatable bonds is 3. The number of aryl methyl sites for hydroxylation is 1. The molecule has 0 unspecified atom stereocenters. The minimum absolute atomic E-state index is 0.0617. The molecule has 1 N–H and O–H groups in total. The zero-order valence-electron chi connectivity index (χ0n) is 9.52. The van der Waals surface area contributed by atoms with Gasteiger partial charge >= 0.3 is 5.97 Å². The highest BCUT2D eigenvalue weighted by Gasteiger charge is 2.19. The molecule has 1 aromatic heterocycles. The molecule has 0 aliphatic rings. The van der Waals surface area contributed by atoms with Gasteiger partial charge in [-0.3, -0.25) is 0 Å². The molecule has 0 atom stereocenters. The third-order valence-electron chi connectivity index (χ3n) is 2.50.